The van der Waals surface area contributed by atoms with E-state index >= 15 is 0 Å². The van der Waals surface area contributed by atoms with Gasteiger partial charge >= 0.3 is 0 Å². The molecule has 0 aliphatic heterocycles. The Morgan fingerprint density at radius 3 is 2.45 bits per heavy atom. The van der Waals surface area contributed by atoms with Crippen molar-refractivity contribution in [2.24, 2.45) is 0 Å². The van der Waals surface area contributed by atoms with Crippen molar-refractivity contribution in [2.45, 2.75) is 6.54 Å². The van der Waals surface area contributed by atoms with Gasteiger partial charge in [0.1, 0.15) is 5.82 Å². The van der Waals surface area contributed by atoms with Crippen LogP contribution in [-0.4, -0.2) is 9.78 Å². The molecule has 0 saturated heterocycles. The van der Waals surface area contributed by atoms with Gasteiger partial charge in [0.2, 0.25) is 0 Å². The maximum atomic E-state index is 13.8. The maximum absolute atomic E-state index is 13.8. The number of hydrogen-bond donors (Lipinski definition) is 0. The van der Waals surface area contributed by atoms with Gasteiger partial charge in [-0.1, -0.05) is 35.9 Å². The second-order valence-electron chi connectivity index (χ2n) is 4.82. The summed E-state index contributed by atoms with van der Waals surface area (Å²) in [5.41, 5.74) is 1.44. The Labute approximate surface area is 131 Å². The van der Waals surface area contributed by atoms with Crippen LogP contribution in [-0.2, 0) is 6.54 Å². The maximum Gasteiger partial charge on any atom is 0.267 e. The van der Waals surface area contributed by atoms with Crippen LogP contribution in [0.2, 0.25) is 5.02 Å². The van der Waals surface area contributed by atoms with E-state index in [1.54, 1.807) is 30.3 Å². The Kier molecular flexibility index (Phi) is 4.02. The summed E-state index contributed by atoms with van der Waals surface area (Å²) >= 11 is 5.84. The SMILES string of the molecule is O=c1ccc(-c2ccccc2F)nn1Cc1ccc(Cl)cc1. The number of rotatable bonds is 3. The second kappa shape index (κ2) is 6.12. The number of aromatic nitrogens is 2. The molecule has 0 radical (unpaired) electrons. The summed E-state index contributed by atoms with van der Waals surface area (Å²) in [6.45, 7) is 0.304. The molecule has 0 saturated carbocycles. The van der Waals surface area contributed by atoms with Crippen molar-refractivity contribution in [3.63, 3.8) is 0 Å². The summed E-state index contributed by atoms with van der Waals surface area (Å²) in [5.74, 6) is -0.369. The van der Waals surface area contributed by atoms with Crippen LogP contribution < -0.4 is 5.56 Å². The van der Waals surface area contributed by atoms with Crippen molar-refractivity contribution < 1.29 is 4.39 Å². The first-order chi connectivity index (χ1) is 10.6. The van der Waals surface area contributed by atoms with E-state index in [0.29, 0.717) is 22.8 Å². The van der Waals surface area contributed by atoms with Crippen molar-refractivity contribution in [1.82, 2.24) is 9.78 Å². The molecule has 110 valence electrons. The molecule has 22 heavy (non-hydrogen) atoms. The van der Waals surface area contributed by atoms with E-state index in [1.807, 2.05) is 12.1 Å². The van der Waals surface area contributed by atoms with E-state index in [9.17, 15) is 9.18 Å². The molecular weight excluding hydrogens is 303 g/mol. The second-order valence-corrected chi connectivity index (χ2v) is 5.26. The van der Waals surface area contributed by atoms with Gasteiger partial charge in [-0.15, -0.1) is 0 Å². The van der Waals surface area contributed by atoms with Gasteiger partial charge in [0.25, 0.3) is 5.56 Å². The van der Waals surface area contributed by atoms with E-state index in [-0.39, 0.29) is 11.4 Å². The van der Waals surface area contributed by atoms with Crippen LogP contribution >= 0.6 is 11.6 Å². The van der Waals surface area contributed by atoms with Crippen LogP contribution in [0.25, 0.3) is 11.3 Å². The van der Waals surface area contributed by atoms with Gasteiger partial charge in [-0.25, -0.2) is 9.07 Å². The average molecular weight is 315 g/mol. The highest BCUT2D eigenvalue weighted by molar-refractivity contribution is 6.30. The molecule has 0 N–H and O–H groups in total. The predicted molar refractivity (Wildman–Crippen MR) is 84.4 cm³/mol. The highest BCUT2D eigenvalue weighted by atomic mass is 35.5. The average Bonchev–Trinajstić information content (AvgIpc) is 2.52. The molecule has 3 nitrogen and oxygen atoms in total. The third-order valence-electron chi connectivity index (χ3n) is 3.26. The molecular formula is C17H12ClFN2O. The van der Waals surface area contributed by atoms with Crippen LogP contribution in [0.4, 0.5) is 4.39 Å². The lowest BCUT2D eigenvalue weighted by molar-refractivity contribution is 0.620. The first-order valence-corrected chi connectivity index (χ1v) is 7.09. The number of benzene rings is 2. The van der Waals surface area contributed by atoms with Gasteiger partial charge in [-0.05, 0) is 35.9 Å². The van der Waals surface area contributed by atoms with Crippen LogP contribution in [0, 0.1) is 5.82 Å². The van der Waals surface area contributed by atoms with Crippen LogP contribution in [0.3, 0.4) is 0 Å². The highest BCUT2D eigenvalue weighted by Gasteiger charge is 2.08. The van der Waals surface area contributed by atoms with Gasteiger partial charge in [0.05, 0.1) is 12.2 Å². The van der Waals surface area contributed by atoms with Gasteiger partial charge in [0.15, 0.2) is 0 Å². The summed E-state index contributed by atoms with van der Waals surface area (Å²) in [5, 5.41) is 4.88. The minimum Gasteiger partial charge on any atom is -0.268 e. The third-order valence-corrected chi connectivity index (χ3v) is 3.51. The molecule has 0 aliphatic carbocycles. The normalized spacial score (nSPS) is 10.6. The number of halogens is 2. The summed E-state index contributed by atoms with van der Waals surface area (Å²) in [6.07, 6.45) is 0. The predicted octanol–water partition coefficient (Wildman–Crippen LogP) is 3.75. The van der Waals surface area contributed by atoms with Gasteiger partial charge in [-0.2, -0.15) is 5.10 Å². The van der Waals surface area contributed by atoms with Crippen LogP contribution in [0.15, 0.2) is 65.5 Å². The number of nitrogens with zero attached hydrogens (tertiary/aromatic N) is 2. The Bertz CT molecular complexity index is 859. The minimum absolute atomic E-state index is 0.241. The molecule has 0 bridgehead atoms. The van der Waals surface area contributed by atoms with Gasteiger partial charge < -0.3 is 0 Å². The summed E-state index contributed by atoms with van der Waals surface area (Å²) in [6, 6.07) is 16.4. The molecule has 0 spiro atoms. The monoisotopic (exact) mass is 314 g/mol. The van der Waals surface area contributed by atoms with E-state index in [2.05, 4.69) is 5.10 Å². The molecule has 0 unspecified atom stereocenters. The molecule has 0 aliphatic rings. The molecule has 5 heteroatoms. The molecule has 2 aromatic carbocycles. The Morgan fingerprint density at radius 2 is 1.73 bits per heavy atom. The first kappa shape index (κ1) is 14.5. The zero-order chi connectivity index (χ0) is 15.5. The van der Waals surface area contributed by atoms with E-state index in [4.69, 9.17) is 11.6 Å². The molecule has 1 aromatic heterocycles. The van der Waals surface area contributed by atoms with E-state index in [0.717, 1.165) is 5.56 Å². The largest absolute Gasteiger partial charge is 0.268 e. The fourth-order valence-corrected chi connectivity index (χ4v) is 2.26. The minimum atomic E-state index is -0.369. The third kappa shape index (κ3) is 3.07. The van der Waals surface area contributed by atoms with E-state index in [1.165, 1.54) is 22.9 Å². The van der Waals surface area contributed by atoms with Crippen molar-refractivity contribution in [3.8, 4) is 11.3 Å². The van der Waals surface area contributed by atoms with Crippen LogP contribution in [0.5, 0.6) is 0 Å². The van der Waals surface area contributed by atoms with Crippen molar-refractivity contribution >= 4 is 11.6 Å². The Hall–Kier alpha value is -2.46. The Morgan fingerprint density at radius 1 is 1.00 bits per heavy atom. The van der Waals surface area contributed by atoms with E-state index < -0.39 is 0 Å². The molecule has 3 aromatic rings. The lowest BCUT2D eigenvalue weighted by Crippen LogP contribution is -2.22. The lowest BCUT2D eigenvalue weighted by Gasteiger charge is -2.08. The van der Waals surface area contributed by atoms with Gasteiger partial charge in [-0.3, -0.25) is 4.79 Å². The van der Waals surface area contributed by atoms with Crippen molar-refractivity contribution in [2.75, 3.05) is 0 Å². The number of hydrogen-bond acceptors (Lipinski definition) is 2. The first-order valence-electron chi connectivity index (χ1n) is 6.71. The molecule has 0 atom stereocenters. The summed E-state index contributed by atoms with van der Waals surface area (Å²) in [7, 11) is 0. The fourth-order valence-electron chi connectivity index (χ4n) is 2.14. The summed E-state index contributed by atoms with van der Waals surface area (Å²) in [4.78, 5) is 11.9. The molecule has 0 amide bonds. The van der Waals surface area contributed by atoms with Crippen LogP contribution in [0.1, 0.15) is 5.56 Å². The fraction of sp³-hybridized carbons (Fsp3) is 0.0588. The smallest absolute Gasteiger partial charge is 0.267 e. The highest BCUT2D eigenvalue weighted by Crippen LogP contribution is 2.19. The standard InChI is InChI=1S/C17H12ClFN2O/c18-13-7-5-12(6-8-13)11-21-17(22)10-9-16(20-21)14-3-1-2-4-15(14)19/h1-10H,11H2. The Balaban J connectivity index is 1.98. The molecule has 0 fully saturated rings. The van der Waals surface area contributed by atoms with Gasteiger partial charge in [0, 0.05) is 16.7 Å². The molecule has 3 rings (SSSR count). The topological polar surface area (TPSA) is 34.9 Å². The zero-order valence-electron chi connectivity index (χ0n) is 11.5. The van der Waals surface area contributed by atoms with Crippen molar-refractivity contribution in [3.05, 3.63) is 87.4 Å². The quantitative estimate of drug-likeness (QED) is 0.738. The lowest BCUT2D eigenvalue weighted by atomic mass is 10.1. The summed E-state index contributed by atoms with van der Waals surface area (Å²) < 4.78 is 15.1. The molecule has 1 heterocycles. The zero-order valence-corrected chi connectivity index (χ0v) is 12.3. The van der Waals surface area contributed by atoms with Crippen molar-refractivity contribution in [1.29, 1.82) is 0 Å².